The van der Waals surface area contributed by atoms with Crippen molar-refractivity contribution in [3.05, 3.63) is 59.5 Å². The molecule has 146 valence electrons. The number of aromatic nitrogens is 4. The van der Waals surface area contributed by atoms with E-state index in [1.165, 1.54) is 12.3 Å². The number of carboxylic acid groups (broad SMARTS) is 1. The minimum absolute atomic E-state index is 0.292. The summed E-state index contributed by atoms with van der Waals surface area (Å²) in [5, 5.41) is 17.5. The van der Waals surface area contributed by atoms with Crippen LogP contribution in [0.4, 0.5) is 0 Å². The van der Waals surface area contributed by atoms with Crippen molar-refractivity contribution in [3.63, 3.8) is 0 Å². The third kappa shape index (κ3) is 4.90. The van der Waals surface area contributed by atoms with Gasteiger partial charge in [0.05, 0.1) is 26.4 Å². The first-order valence-corrected chi connectivity index (χ1v) is 10.3. The molecular formula is C19H19ClN4O3S. The van der Waals surface area contributed by atoms with Crippen molar-refractivity contribution >= 4 is 34.4 Å². The molecule has 0 bridgehead atoms. The van der Waals surface area contributed by atoms with E-state index in [4.69, 9.17) is 16.7 Å². The SMILES string of the molecule is CC.CS(=O)c1ccc(-c2nnc(/C=C/C(=O)O)n2-c2ccccc2Cl)nc1. The van der Waals surface area contributed by atoms with Crippen molar-refractivity contribution in [1.82, 2.24) is 19.7 Å². The predicted molar refractivity (Wildman–Crippen MR) is 110 cm³/mol. The van der Waals surface area contributed by atoms with Crippen molar-refractivity contribution in [3.8, 4) is 17.2 Å². The first-order valence-electron chi connectivity index (χ1n) is 8.38. The van der Waals surface area contributed by atoms with Crippen molar-refractivity contribution < 1.29 is 14.1 Å². The molecule has 1 aromatic carbocycles. The van der Waals surface area contributed by atoms with E-state index in [-0.39, 0.29) is 0 Å². The highest BCUT2D eigenvalue weighted by molar-refractivity contribution is 7.84. The summed E-state index contributed by atoms with van der Waals surface area (Å²) in [6.45, 7) is 4.00. The smallest absolute Gasteiger partial charge is 0.328 e. The van der Waals surface area contributed by atoms with E-state index >= 15 is 0 Å². The molecule has 0 aliphatic rings. The number of halogens is 1. The normalized spacial score (nSPS) is 11.7. The maximum atomic E-state index is 11.5. The maximum Gasteiger partial charge on any atom is 0.328 e. The minimum Gasteiger partial charge on any atom is -0.478 e. The quantitative estimate of drug-likeness (QED) is 0.632. The molecule has 28 heavy (non-hydrogen) atoms. The van der Waals surface area contributed by atoms with Gasteiger partial charge in [0, 0.05) is 18.5 Å². The lowest BCUT2D eigenvalue weighted by molar-refractivity contribution is -0.131. The molecule has 0 spiro atoms. The van der Waals surface area contributed by atoms with Gasteiger partial charge in [0.1, 0.15) is 5.69 Å². The van der Waals surface area contributed by atoms with Gasteiger partial charge in [0.15, 0.2) is 11.6 Å². The van der Waals surface area contributed by atoms with E-state index in [9.17, 15) is 9.00 Å². The molecule has 0 radical (unpaired) electrons. The van der Waals surface area contributed by atoms with E-state index in [1.807, 2.05) is 13.8 Å². The number of carboxylic acids is 1. The third-order valence-corrected chi connectivity index (χ3v) is 4.68. The van der Waals surface area contributed by atoms with Gasteiger partial charge < -0.3 is 5.11 Å². The van der Waals surface area contributed by atoms with Crippen LogP contribution in [0.15, 0.2) is 53.6 Å². The van der Waals surface area contributed by atoms with Crippen molar-refractivity contribution in [2.24, 2.45) is 0 Å². The maximum absolute atomic E-state index is 11.5. The highest BCUT2D eigenvalue weighted by atomic mass is 35.5. The van der Waals surface area contributed by atoms with E-state index in [0.29, 0.717) is 32.9 Å². The van der Waals surface area contributed by atoms with Gasteiger partial charge in [0.25, 0.3) is 0 Å². The fourth-order valence-electron chi connectivity index (χ4n) is 2.27. The fraction of sp³-hybridized carbons (Fsp3) is 0.158. The number of para-hydroxylation sites is 1. The zero-order valence-electron chi connectivity index (χ0n) is 15.5. The van der Waals surface area contributed by atoms with Gasteiger partial charge in [-0.05, 0) is 30.3 Å². The molecule has 0 saturated carbocycles. The molecule has 1 unspecified atom stereocenters. The molecule has 2 aromatic heterocycles. The highest BCUT2D eigenvalue weighted by Gasteiger charge is 2.17. The topological polar surface area (TPSA) is 98.0 Å². The Morgan fingerprint density at radius 3 is 2.46 bits per heavy atom. The Kier molecular flexibility index (Phi) is 7.60. The fourth-order valence-corrected chi connectivity index (χ4v) is 2.95. The number of pyridine rings is 1. The number of hydrogen-bond donors (Lipinski definition) is 1. The largest absolute Gasteiger partial charge is 0.478 e. The number of benzene rings is 1. The van der Waals surface area contributed by atoms with Crippen LogP contribution >= 0.6 is 11.6 Å². The van der Waals surface area contributed by atoms with E-state index in [0.717, 1.165) is 6.08 Å². The monoisotopic (exact) mass is 418 g/mol. The average Bonchev–Trinajstić information content (AvgIpc) is 3.12. The minimum atomic E-state index is -1.14. The molecule has 9 heteroatoms. The second-order valence-corrected chi connectivity index (χ2v) is 6.96. The van der Waals surface area contributed by atoms with Crippen LogP contribution in [0.1, 0.15) is 19.7 Å². The molecule has 0 amide bonds. The molecule has 3 aromatic rings. The molecule has 0 saturated heterocycles. The highest BCUT2D eigenvalue weighted by Crippen LogP contribution is 2.27. The summed E-state index contributed by atoms with van der Waals surface area (Å²) in [6.07, 6.45) is 5.37. The summed E-state index contributed by atoms with van der Waals surface area (Å²) in [4.78, 5) is 15.7. The standard InChI is InChI=1S/C17H13ClN4O3S.C2H6/c1-26(25)11-6-7-13(19-10-11)17-21-20-15(8-9-16(23)24)22(17)14-5-3-2-4-12(14)18;1-2/h2-10H,1H3,(H,23,24);1-2H3/b9-8+;. The first-order chi connectivity index (χ1) is 13.5. The van der Waals surface area contributed by atoms with Gasteiger partial charge >= 0.3 is 5.97 Å². The summed E-state index contributed by atoms with van der Waals surface area (Å²) < 4.78 is 13.2. The summed E-state index contributed by atoms with van der Waals surface area (Å²) >= 11 is 6.30. The van der Waals surface area contributed by atoms with E-state index in [2.05, 4.69) is 15.2 Å². The van der Waals surface area contributed by atoms with Crippen LogP contribution in [0.3, 0.4) is 0 Å². The predicted octanol–water partition coefficient (Wildman–Crippen LogP) is 3.84. The van der Waals surface area contributed by atoms with Crippen LogP contribution in [0, 0.1) is 0 Å². The van der Waals surface area contributed by atoms with Gasteiger partial charge in [-0.3, -0.25) is 13.8 Å². The van der Waals surface area contributed by atoms with Crippen LogP contribution in [0.2, 0.25) is 5.02 Å². The zero-order valence-corrected chi connectivity index (χ0v) is 17.1. The van der Waals surface area contributed by atoms with Gasteiger partial charge in [-0.25, -0.2) is 4.79 Å². The number of rotatable bonds is 5. The van der Waals surface area contributed by atoms with Gasteiger partial charge in [-0.2, -0.15) is 0 Å². The Morgan fingerprint density at radius 2 is 1.89 bits per heavy atom. The molecular weight excluding hydrogens is 400 g/mol. The van der Waals surface area contributed by atoms with Crippen molar-refractivity contribution in [2.45, 2.75) is 18.7 Å². The van der Waals surface area contributed by atoms with Crippen LogP contribution < -0.4 is 0 Å². The summed E-state index contributed by atoms with van der Waals surface area (Å²) in [7, 11) is -1.14. The number of aliphatic carboxylic acids is 1. The lowest BCUT2D eigenvalue weighted by atomic mass is 10.2. The Bertz CT molecular complexity index is 1020. The summed E-state index contributed by atoms with van der Waals surface area (Å²) in [5.74, 6) is -0.426. The second-order valence-electron chi connectivity index (χ2n) is 5.17. The Balaban J connectivity index is 0.00000136. The van der Waals surface area contributed by atoms with Crippen LogP contribution in [-0.4, -0.2) is 41.3 Å². The van der Waals surface area contributed by atoms with Gasteiger partial charge in [-0.1, -0.05) is 37.6 Å². The second kappa shape index (κ2) is 9.91. The molecule has 0 aliphatic heterocycles. The van der Waals surface area contributed by atoms with Gasteiger partial charge in [0.2, 0.25) is 0 Å². The number of carbonyl (C=O) groups is 1. The Morgan fingerprint density at radius 1 is 1.18 bits per heavy atom. The van der Waals surface area contributed by atoms with Crippen molar-refractivity contribution in [1.29, 1.82) is 0 Å². The molecule has 0 fully saturated rings. The van der Waals surface area contributed by atoms with Crippen LogP contribution in [-0.2, 0) is 15.6 Å². The van der Waals surface area contributed by atoms with E-state index < -0.39 is 16.8 Å². The molecule has 7 nitrogen and oxygen atoms in total. The van der Waals surface area contributed by atoms with E-state index in [1.54, 1.807) is 47.2 Å². The third-order valence-electron chi connectivity index (χ3n) is 3.45. The average molecular weight is 419 g/mol. The first kappa shape index (κ1) is 21.5. The molecule has 1 atom stereocenters. The van der Waals surface area contributed by atoms with Crippen LogP contribution in [0.5, 0.6) is 0 Å². The lowest BCUT2D eigenvalue weighted by Gasteiger charge is -2.10. The zero-order chi connectivity index (χ0) is 20.7. The van der Waals surface area contributed by atoms with Gasteiger partial charge in [-0.15, -0.1) is 10.2 Å². The lowest BCUT2D eigenvalue weighted by Crippen LogP contribution is -2.02. The molecule has 0 aliphatic carbocycles. The Labute approximate surface area is 170 Å². The van der Waals surface area contributed by atoms with Crippen molar-refractivity contribution in [2.75, 3.05) is 6.26 Å². The number of nitrogens with zero attached hydrogens (tertiary/aromatic N) is 4. The van der Waals surface area contributed by atoms with Crippen LogP contribution in [0.25, 0.3) is 23.3 Å². The molecule has 2 heterocycles. The Hall–Kier alpha value is -2.84. The number of hydrogen-bond acceptors (Lipinski definition) is 5. The molecule has 1 N–H and O–H groups in total. The summed E-state index contributed by atoms with van der Waals surface area (Å²) in [5.41, 5.74) is 1.07. The summed E-state index contributed by atoms with van der Waals surface area (Å²) in [6, 6.07) is 10.4. The molecule has 3 rings (SSSR count).